The van der Waals surface area contributed by atoms with Crippen molar-refractivity contribution < 1.29 is 4.79 Å². The van der Waals surface area contributed by atoms with Crippen LogP contribution in [0.15, 0.2) is 48.5 Å². The smallest absolute Gasteiger partial charge is 0.320 e. The van der Waals surface area contributed by atoms with Gasteiger partial charge in [0, 0.05) is 18.8 Å². The molecule has 2 aromatic rings. The lowest BCUT2D eigenvalue weighted by molar-refractivity contribution is 0.212. The topological polar surface area (TPSA) is 32.3 Å². The minimum atomic E-state index is -0.0567. The summed E-state index contributed by atoms with van der Waals surface area (Å²) in [7, 11) is 0. The summed E-state index contributed by atoms with van der Waals surface area (Å²) in [5.74, 6) is 0. The second-order valence-corrected chi connectivity index (χ2v) is 5.20. The Morgan fingerprint density at radius 2 is 1.62 bits per heavy atom. The lowest BCUT2D eigenvalue weighted by Crippen LogP contribution is -2.34. The Balaban J connectivity index is 2.10. The van der Waals surface area contributed by atoms with Gasteiger partial charge in [0.15, 0.2) is 0 Å². The second kappa shape index (κ2) is 6.93. The maximum atomic E-state index is 12.5. The Morgan fingerprint density at radius 3 is 2.19 bits per heavy atom. The van der Waals surface area contributed by atoms with Crippen LogP contribution in [0.2, 0.25) is 0 Å². The largest absolute Gasteiger partial charge is 0.322 e. The standard InChI is InChI=1S/C18H22N2O/c1-4-20(13-16-11-6-5-7-12-16)18(21)19-17-14(2)9-8-10-15(17)3/h5-12H,4,13H2,1-3H3,(H,19,21). The van der Waals surface area contributed by atoms with Crippen LogP contribution in [-0.2, 0) is 6.54 Å². The number of hydrogen-bond donors (Lipinski definition) is 1. The highest BCUT2D eigenvalue weighted by Gasteiger charge is 2.14. The van der Waals surface area contributed by atoms with Crippen LogP contribution < -0.4 is 5.32 Å². The summed E-state index contributed by atoms with van der Waals surface area (Å²) in [5.41, 5.74) is 4.21. The number of urea groups is 1. The van der Waals surface area contributed by atoms with Gasteiger partial charge in [-0.3, -0.25) is 0 Å². The van der Waals surface area contributed by atoms with E-state index >= 15 is 0 Å². The highest BCUT2D eigenvalue weighted by Crippen LogP contribution is 2.20. The molecule has 0 radical (unpaired) electrons. The molecule has 21 heavy (non-hydrogen) atoms. The highest BCUT2D eigenvalue weighted by molar-refractivity contribution is 5.91. The number of rotatable bonds is 4. The molecule has 0 unspecified atom stereocenters. The molecule has 0 heterocycles. The highest BCUT2D eigenvalue weighted by atomic mass is 16.2. The molecule has 110 valence electrons. The van der Waals surface area contributed by atoms with E-state index in [1.807, 2.05) is 69.3 Å². The number of hydrogen-bond acceptors (Lipinski definition) is 1. The van der Waals surface area contributed by atoms with Gasteiger partial charge in [-0.15, -0.1) is 0 Å². The molecule has 3 nitrogen and oxygen atoms in total. The van der Waals surface area contributed by atoms with Crippen molar-refractivity contribution >= 4 is 11.7 Å². The third kappa shape index (κ3) is 3.85. The number of carbonyl (C=O) groups is 1. The summed E-state index contributed by atoms with van der Waals surface area (Å²) in [6.07, 6.45) is 0. The molecule has 0 aliphatic rings. The van der Waals surface area contributed by atoms with Gasteiger partial charge >= 0.3 is 6.03 Å². The molecular weight excluding hydrogens is 260 g/mol. The SMILES string of the molecule is CCN(Cc1ccccc1)C(=O)Nc1c(C)cccc1C. The molecule has 0 aliphatic carbocycles. The fraction of sp³-hybridized carbons (Fsp3) is 0.278. The quantitative estimate of drug-likeness (QED) is 0.888. The Morgan fingerprint density at radius 1 is 1.00 bits per heavy atom. The van der Waals surface area contributed by atoms with Crippen molar-refractivity contribution in [2.75, 3.05) is 11.9 Å². The van der Waals surface area contributed by atoms with Crippen LogP contribution >= 0.6 is 0 Å². The van der Waals surface area contributed by atoms with Crippen LogP contribution in [0.1, 0.15) is 23.6 Å². The number of nitrogens with one attached hydrogen (secondary N) is 1. The van der Waals surface area contributed by atoms with Gasteiger partial charge in [0.1, 0.15) is 0 Å². The van der Waals surface area contributed by atoms with Crippen LogP contribution in [0.4, 0.5) is 10.5 Å². The van der Waals surface area contributed by atoms with E-state index in [0.29, 0.717) is 13.1 Å². The Kier molecular flexibility index (Phi) is 4.99. The zero-order valence-corrected chi connectivity index (χ0v) is 12.9. The van der Waals surface area contributed by atoms with E-state index < -0.39 is 0 Å². The third-order valence-electron chi connectivity index (χ3n) is 3.60. The van der Waals surface area contributed by atoms with Crippen molar-refractivity contribution in [3.63, 3.8) is 0 Å². The first-order valence-corrected chi connectivity index (χ1v) is 7.28. The van der Waals surface area contributed by atoms with Gasteiger partial charge in [0.25, 0.3) is 0 Å². The molecule has 2 aromatic carbocycles. The first-order valence-electron chi connectivity index (χ1n) is 7.28. The minimum Gasteiger partial charge on any atom is -0.320 e. The minimum absolute atomic E-state index is 0.0567. The Bertz CT molecular complexity index is 588. The van der Waals surface area contributed by atoms with Gasteiger partial charge in [0.05, 0.1) is 0 Å². The second-order valence-electron chi connectivity index (χ2n) is 5.20. The normalized spacial score (nSPS) is 10.2. The van der Waals surface area contributed by atoms with E-state index in [1.54, 1.807) is 4.90 Å². The van der Waals surface area contributed by atoms with Gasteiger partial charge in [-0.25, -0.2) is 4.79 Å². The number of anilines is 1. The molecule has 3 heteroatoms. The summed E-state index contributed by atoms with van der Waals surface area (Å²) < 4.78 is 0. The van der Waals surface area contributed by atoms with Crippen LogP contribution in [0.3, 0.4) is 0 Å². The number of aryl methyl sites for hydroxylation is 2. The summed E-state index contributed by atoms with van der Waals surface area (Å²) in [6, 6.07) is 16.0. The first kappa shape index (κ1) is 15.1. The number of amides is 2. The summed E-state index contributed by atoms with van der Waals surface area (Å²) in [6.45, 7) is 7.30. The molecule has 0 bridgehead atoms. The van der Waals surface area contributed by atoms with Crippen molar-refractivity contribution in [1.82, 2.24) is 4.90 Å². The molecule has 0 aromatic heterocycles. The lowest BCUT2D eigenvalue weighted by Gasteiger charge is -2.23. The molecule has 0 aliphatic heterocycles. The van der Waals surface area contributed by atoms with Gasteiger partial charge in [-0.1, -0.05) is 48.5 Å². The average Bonchev–Trinajstić information content (AvgIpc) is 2.49. The zero-order valence-electron chi connectivity index (χ0n) is 12.9. The van der Waals surface area contributed by atoms with Crippen molar-refractivity contribution in [2.24, 2.45) is 0 Å². The van der Waals surface area contributed by atoms with Crippen molar-refractivity contribution in [2.45, 2.75) is 27.3 Å². The molecule has 0 saturated carbocycles. The molecule has 0 atom stereocenters. The number of benzene rings is 2. The van der Waals surface area contributed by atoms with Gasteiger partial charge in [-0.2, -0.15) is 0 Å². The molecule has 0 spiro atoms. The summed E-state index contributed by atoms with van der Waals surface area (Å²) >= 11 is 0. The van der Waals surface area contributed by atoms with Crippen LogP contribution in [0.25, 0.3) is 0 Å². The van der Waals surface area contributed by atoms with Crippen molar-refractivity contribution in [3.05, 3.63) is 65.2 Å². The Labute approximate surface area is 126 Å². The van der Waals surface area contributed by atoms with Gasteiger partial charge in [0.2, 0.25) is 0 Å². The number of para-hydroxylation sites is 1. The number of carbonyl (C=O) groups excluding carboxylic acids is 1. The monoisotopic (exact) mass is 282 g/mol. The fourth-order valence-corrected chi connectivity index (χ4v) is 2.33. The molecule has 2 rings (SSSR count). The zero-order chi connectivity index (χ0) is 15.2. The van der Waals surface area contributed by atoms with E-state index in [2.05, 4.69) is 5.32 Å². The predicted octanol–water partition coefficient (Wildman–Crippen LogP) is 4.36. The van der Waals surface area contributed by atoms with E-state index in [1.165, 1.54) is 0 Å². The van der Waals surface area contributed by atoms with E-state index in [-0.39, 0.29) is 6.03 Å². The van der Waals surface area contributed by atoms with Crippen LogP contribution in [-0.4, -0.2) is 17.5 Å². The lowest BCUT2D eigenvalue weighted by atomic mass is 10.1. The van der Waals surface area contributed by atoms with E-state index in [9.17, 15) is 4.79 Å². The van der Waals surface area contributed by atoms with Crippen LogP contribution in [0.5, 0.6) is 0 Å². The van der Waals surface area contributed by atoms with E-state index in [4.69, 9.17) is 0 Å². The first-order chi connectivity index (χ1) is 10.1. The van der Waals surface area contributed by atoms with Crippen LogP contribution in [0, 0.1) is 13.8 Å². The number of nitrogens with zero attached hydrogens (tertiary/aromatic N) is 1. The third-order valence-corrected chi connectivity index (χ3v) is 3.60. The van der Waals surface area contributed by atoms with Crippen molar-refractivity contribution in [1.29, 1.82) is 0 Å². The van der Waals surface area contributed by atoms with Gasteiger partial charge < -0.3 is 10.2 Å². The fourth-order valence-electron chi connectivity index (χ4n) is 2.33. The Hall–Kier alpha value is -2.29. The molecule has 0 fully saturated rings. The molecule has 0 saturated heterocycles. The summed E-state index contributed by atoms with van der Waals surface area (Å²) in [4.78, 5) is 14.3. The van der Waals surface area contributed by atoms with Gasteiger partial charge in [-0.05, 0) is 37.5 Å². The predicted molar refractivity (Wildman–Crippen MR) is 87.5 cm³/mol. The van der Waals surface area contributed by atoms with Crippen molar-refractivity contribution in [3.8, 4) is 0 Å². The maximum absolute atomic E-state index is 12.5. The van der Waals surface area contributed by atoms with E-state index in [0.717, 1.165) is 22.4 Å². The molecule has 1 N–H and O–H groups in total. The maximum Gasteiger partial charge on any atom is 0.322 e. The summed E-state index contributed by atoms with van der Waals surface area (Å²) in [5, 5.41) is 3.04. The molecular formula is C18H22N2O. The molecule has 2 amide bonds. The average molecular weight is 282 g/mol.